The predicted octanol–water partition coefficient (Wildman–Crippen LogP) is 2.52. The quantitative estimate of drug-likeness (QED) is 0.772. The molecule has 1 rings (SSSR count). The number of aliphatic carboxylic acids is 1. The summed E-state index contributed by atoms with van der Waals surface area (Å²) in [4.78, 5) is 22.4. The predicted molar refractivity (Wildman–Crippen MR) is 80.4 cm³/mol. The van der Waals surface area contributed by atoms with Crippen LogP contribution in [0.1, 0.15) is 38.7 Å². The molecule has 0 atom stereocenters. The van der Waals surface area contributed by atoms with E-state index >= 15 is 0 Å². The number of carbonyl (C=O) groups excluding carboxylic acids is 1. The molecule has 0 aromatic heterocycles. The molecule has 1 amide bonds. The molecule has 0 radical (unpaired) electrons. The van der Waals surface area contributed by atoms with E-state index in [1.807, 2.05) is 45.0 Å². The SMILES string of the molecule is Cc1ccccc1OCCC(=O)NC(C)(C)CCC(=O)O. The van der Waals surface area contributed by atoms with E-state index in [0.717, 1.165) is 11.3 Å². The average Bonchev–Trinajstić information content (AvgIpc) is 2.38. The largest absolute Gasteiger partial charge is 0.493 e. The number of carboxylic acid groups (broad SMARTS) is 1. The number of ether oxygens (including phenoxy) is 1. The third kappa shape index (κ3) is 6.79. The Morgan fingerprint density at radius 3 is 2.52 bits per heavy atom. The molecule has 21 heavy (non-hydrogen) atoms. The molecule has 5 nitrogen and oxygen atoms in total. The van der Waals surface area contributed by atoms with Crippen LogP contribution >= 0.6 is 0 Å². The summed E-state index contributed by atoms with van der Waals surface area (Å²) in [6.07, 6.45) is 0.671. The van der Waals surface area contributed by atoms with Crippen LogP contribution in [0.2, 0.25) is 0 Å². The first-order valence-electron chi connectivity index (χ1n) is 7.01. The Hall–Kier alpha value is -2.04. The molecule has 0 heterocycles. The summed E-state index contributed by atoms with van der Waals surface area (Å²) in [5.41, 5.74) is 0.498. The highest BCUT2D eigenvalue weighted by Gasteiger charge is 2.21. The van der Waals surface area contributed by atoms with Crippen LogP contribution in [0.25, 0.3) is 0 Å². The van der Waals surface area contributed by atoms with E-state index in [2.05, 4.69) is 5.32 Å². The Bertz CT molecular complexity index is 497. The maximum atomic E-state index is 11.8. The van der Waals surface area contributed by atoms with Crippen molar-refractivity contribution in [1.29, 1.82) is 0 Å². The number of hydrogen-bond donors (Lipinski definition) is 2. The van der Waals surface area contributed by atoms with Gasteiger partial charge in [0.1, 0.15) is 5.75 Å². The third-order valence-electron chi connectivity index (χ3n) is 3.12. The minimum atomic E-state index is -0.861. The number of carbonyl (C=O) groups is 2. The van der Waals surface area contributed by atoms with E-state index in [4.69, 9.17) is 9.84 Å². The van der Waals surface area contributed by atoms with Gasteiger partial charge in [-0.05, 0) is 38.8 Å². The van der Waals surface area contributed by atoms with Crippen molar-refractivity contribution in [3.05, 3.63) is 29.8 Å². The molecule has 0 aliphatic carbocycles. The summed E-state index contributed by atoms with van der Waals surface area (Å²) in [7, 11) is 0. The molecule has 0 fully saturated rings. The highest BCUT2D eigenvalue weighted by Crippen LogP contribution is 2.16. The number of hydrogen-bond acceptors (Lipinski definition) is 3. The van der Waals surface area contributed by atoms with Crippen molar-refractivity contribution in [1.82, 2.24) is 5.32 Å². The minimum Gasteiger partial charge on any atom is -0.493 e. The number of rotatable bonds is 8. The first-order valence-corrected chi connectivity index (χ1v) is 7.01. The fraction of sp³-hybridized carbons (Fsp3) is 0.500. The summed E-state index contributed by atoms with van der Waals surface area (Å²) in [5, 5.41) is 11.5. The van der Waals surface area contributed by atoms with Crippen molar-refractivity contribution in [2.75, 3.05) is 6.61 Å². The summed E-state index contributed by atoms with van der Waals surface area (Å²) in [5.74, 6) is -0.227. The lowest BCUT2D eigenvalue weighted by Gasteiger charge is -2.25. The Balaban J connectivity index is 2.34. The molecule has 1 aromatic carbocycles. The second-order valence-corrected chi connectivity index (χ2v) is 5.69. The molecular formula is C16H23NO4. The van der Waals surface area contributed by atoms with E-state index in [0.29, 0.717) is 13.0 Å². The molecule has 0 saturated heterocycles. The average molecular weight is 293 g/mol. The van der Waals surface area contributed by atoms with Gasteiger partial charge in [0.05, 0.1) is 13.0 Å². The summed E-state index contributed by atoms with van der Waals surface area (Å²) in [6, 6.07) is 7.63. The lowest BCUT2D eigenvalue weighted by molar-refractivity contribution is -0.137. The topological polar surface area (TPSA) is 75.6 Å². The van der Waals surface area contributed by atoms with Crippen molar-refractivity contribution in [3.63, 3.8) is 0 Å². The second kappa shape index (κ2) is 7.67. The Kier molecular flexibility index (Phi) is 6.21. The van der Waals surface area contributed by atoms with Crippen LogP contribution in [0, 0.1) is 6.92 Å². The fourth-order valence-corrected chi connectivity index (χ4v) is 1.89. The molecule has 5 heteroatoms. The van der Waals surface area contributed by atoms with Crippen LogP contribution in [0.3, 0.4) is 0 Å². The molecule has 0 unspecified atom stereocenters. The lowest BCUT2D eigenvalue weighted by Crippen LogP contribution is -2.44. The van der Waals surface area contributed by atoms with Gasteiger partial charge in [-0.2, -0.15) is 0 Å². The molecule has 0 aliphatic heterocycles. The number of para-hydroxylation sites is 1. The van der Waals surface area contributed by atoms with Gasteiger partial charge in [-0.25, -0.2) is 0 Å². The van der Waals surface area contributed by atoms with Gasteiger partial charge in [-0.15, -0.1) is 0 Å². The Morgan fingerprint density at radius 2 is 1.90 bits per heavy atom. The zero-order valence-electron chi connectivity index (χ0n) is 12.8. The molecule has 0 saturated carbocycles. The van der Waals surface area contributed by atoms with Gasteiger partial charge < -0.3 is 15.2 Å². The molecular weight excluding hydrogens is 270 g/mol. The van der Waals surface area contributed by atoms with Crippen LogP contribution in [0.15, 0.2) is 24.3 Å². The Morgan fingerprint density at radius 1 is 1.24 bits per heavy atom. The van der Waals surface area contributed by atoms with E-state index in [1.54, 1.807) is 0 Å². The van der Waals surface area contributed by atoms with Crippen molar-refractivity contribution in [3.8, 4) is 5.75 Å². The van der Waals surface area contributed by atoms with Gasteiger partial charge in [-0.1, -0.05) is 18.2 Å². The van der Waals surface area contributed by atoms with Crippen LogP contribution < -0.4 is 10.1 Å². The summed E-state index contributed by atoms with van der Waals surface area (Å²) < 4.78 is 5.57. The fourth-order valence-electron chi connectivity index (χ4n) is 1.89. The van der Waals surface area contributed by atoms with Gasteiger partial charge >= 0.3 is 5.97 Å². The highest BCUT2D eigenvalue weighted by atomic mass is 16.5. The van der Waals surface area contributed by atoms with Gasteiger partial charge in [0.25, 0.3) is 0 Å². The molecule has 2 N–H and O–H groups in total. The smallest absolute Gasteiger partial charge is 0.303 e. The van der Waals surface area contributed by atoms with Crippen molar-refractivity contribution in [2.45, 2.75) is 45.6 Å². The van der Waals surface area contributed by atoms with Crippen LogP contribution in [0.4, 0.5) is 0 Å². The monoisotopic (exact) mass is 293 g/mol. The normalized spacial score (nSPS) is 11.0. The van der Waals surface area contributed by atoms with Crippen molar-refractivity contribution >= 4 is 11.9 Å². The summed E-state index contributed by atoms with van der Waals surface area (Å²) >= 11 is 0. The molecule has 116 valence electrons. The van der Waals surface area contributed by atoms with Crippen LogP contribution in [-0.2, 0) is 9.59 Å². The van der Waals surface area contributed by atoms with E-state index in [1.165, 1.54) is 0 Å². The van der Waals surface area contributed by atoms with Crippen molar-refractivity contribution < 1.29 is 19.4 Å². The maximum absolute atomic E-state index is 11.8. The van der Waals surface area contributed by atoms with Crippen molar-refractivity contribution in [2.24, 2.45) is 0 Å². The lowest BCUT2D eigenvalue weighted by atomic mass is 9.98. The van der Waals surface area contributed by atoms with E-state index < -0.39 is 11.5 Å². The Labute approximate surface area is 125 Å². The first kappa shape index (κ1) is 17.0. The van der Waals surface area contributed by atoms with E-state index in [-0.39, 0.29) is 18.7 Å². The highest BCUT2D eigenvalue weighted by molar-refractivity contribution is 5.77. The third-order valence-corrected chi connectivity index (χ3v) is 3.12. The number of nitrogens with one attached hydrogen (secondary N) is 1. The van der Waals surface area contributed by atoms with Gasteiger partial charge in [0, 0.05) is 12.0 Å². The van der Waals surface area contributed by atoms with Gasteiger partial charge in [-0.3, -0.25) is 9.59 Å². The standard InChI is InChI=1S/C16H23NO4/c1-12-6-4-5-7-13(12)21-11-9-14(18)17-16(2,3)10-8-15(19)20/h4-7H,8-11H2,1-3H3,(H,17,18)(H,19,20). The number of carboxylic acids is 1. The zero-order valence-corrected chi connectivity index (χ0v) is 12.8. The van der Waals surface area contributed by atoms with Gasteiger partial charge in [0.2, 0.25) is 5.91 Å². The number of benzene rings is 1. The van der Waals surface area contributed by atoms with Crippen LogP contribution in [0.5, 0.6) is 5.75 Å². The molecule has 0 spiro atoms. The maximum Gasteiger partial charge on any atom is 0.303 e. The number of aryl methyl sites for hydroxylation is 1. The van der Waals surface area contributed by atoms with Crippen LogP contribution in [-0.4, -0.2) is 29.1 Å². The molecule has 1 aromatic rings. The minimum absolute atomic E-state index is 0.0347. The first-order chi connectivity index (χ1) is 9.80. The zero-order chi connectivity index (χ0) is 15.9. The number of amides is 1. The second-order valence-electron chi connectivity index (χ2n) is 5.69. The molecule has 0 aliphatic rings. The molecule has 0 bridgehead atoms. The van der Waals surface area contributed by atoms with Gasteiger partial charge in [0.15, 0.2) is 0 Å². The van der Waals surface area contributed by atoms with E-state index in [9.17, 15) is 9.59 Å². The summed E-state index contributed by atoms with van der Waals surface area (Å²) in [6.45, 7) is 5.88.